The Morgan fingerprint density at radius 3 is 0.360 bits per heavy atom. The summed E-state index contributed by atoms with van der Waals surface area (Å²) in [6.07, 6.45) is 4.58. The van der Waals surface area contributed by atoms with Gasteiger partial charge in [0.25, 0.3) is 0 Å². The van der Waals surface area contributed by atoms with Gasteiger partial charge in [-0.05, 0) is 0 Å². The zero-order valence-corrected chi connectivity index (χ0v) is 20.3. The van der Waals surface area contributed by atoms with Crippen molar-refractivity contribution in [3.8, 4) is 0 Å². The molecule has 0 aliphatic carbocycles. The summed E-state index contributed by atoms with van der Waals surface area (Å²) in [5.41, 5.74) is 0. The van der Waals surface area contributed by atoms with Gasteiger partial charge in [-0.3, -0.25) is 0 Å². The third-order valence-corrected chi connectivity index (χ3v) is 1.22. The molecule has 0 aromatic rings. The average molecular weight is 538 g/mol. The van der Waals surface area contributed by atoms with Crippen LogP contribution in [-0.4, -0.2) is 39.6 Å². The molecule has 0 saturated carbocycles. The van der Waals surface area contributed by atoms with Crippen molar-refractivity contribution in [2.75, 3.05) is 39.6 Å². The summed E-state index contributed by atoms with van der Waals surface area (Å²) in [5, 5.41) is 55.8. The summed E-state index contributed by atoms with van der Waals surface area (Å²) in [5.74, 6) is 0. The standard InChI is InChI=1S/6C3H7O.W/c6*1-2-3-4;/h6*2-3H2,1H3;/q6*-1;. The van der Waals surface area contributed by atoms with Crippen LogP contribution in [0.4, 0.5) is 0 Å². The van der Waals surface area contributed by atoms with Crippen LogP contribution in [0, 0.1) is 0 Å². The maximum absolute atomic E-state index is 9.30. The number of hydrogen-bond donors (Lipinski definition) is 0. The molecule has 6 nitrogen and oxygen atoms in total. The van der Waals surface area contributed by atoms with Gasteiger partial charge < -0.3 is 30.6 Å². The maximum Gasteiger partial charge on any atom is 0 e. The van der Waals surface area contributed by atoms with E-state index in [1.54, 1.807) is 0 Å². The molecule has 0 radical (unpaired) electrons. The van der Waals surface area contributed by atoms with Gasteiger partial charge in [0, 0.05) is 21.1 Å². The molecule has 0 rings (SSSR count). The molecule has 0 amide bonds. The van der Waals surface area contributed by atoms with Gasteiger partial charge in [0.2, 0.25) is 0 Å². The third-order valence-electron chi connectivity index (χ3n) is 1.22. The van der Waals surface area contributed by atoms with E-state index in [1.807, 2.05) is 41.5 Å². The fraction of sp³-hybridized carbons (Fsp3) is 1.00. The van der Waals surface area contributed by atoms with E-state index in [4.69, 9.17) is 0 Å². The van der Waals surface area contributed by atoms with Gasteiger partial charge >= 0.3 is 0 Å². The Bertz CT molecular complexity index is 68.5. The van der Waals surface area contributed by atoms with E-state index in [2.05, 4.69) is 0 Å². The number of hydrogen-bond acceptors (Lipinski definition) is 6. The van der Waals surface area contributed by atoms with Crippen molar-refractivity contribution < 1.29 is 51.7 Å². The molecule has 7 heteroatoms. The van der Waals surface area contributed by atoms with E-state index in [0.717, 1.165) is 38.5 Å². The van der Waals surface area contributed by atoms with Crippen molar-refractivity contribution in [2.45, 2.75) is 80.1 Å². The zero-order valence-electron chi connectivity index (χ0n) is 17.3. The molecule has 0 N–H and O–H groups in total. The molecule has 162 valence electrons. The molecule has 0 unspecified atom stereocenters. The fourth-order valence-electron chi connectivity index (χ4n) is 0. The fourth-order valence-corrected chi connectivity index (χ4v) is 0. The van der Waals surface area contributed by atoms with Gasteiger partial charge in [-0.2, -0.15) is 0 Å². The third kappa shape index (κ3) is 296. The monoisotopic (exact) mass is 538 g/mol. The van der Waals surface area contributed by atoms with Gasteiger partial charge in [-0.1, -0.05) is 80.1 Å². The van der Waals surface area contributed by atoms with Crippen molar-refractivity contribution in [1.29, 1.82) is 0 Å². The molecule has 0 aliphatic rings. The molecule has 0 fully saturated rings. The summed E-state index contributed by atoms with van der Waals surface area (Å²) < 4.78 is 0. The van der Waals surface area contributed by atoms with Gasteiger partial charge in [0.1, 0.15) is 0 Å². The zero-order chi connectivity index (χ0) is 20.5. The molecule has 0 aromatic heterocycles. The minimum Gasteiger partial charge on any atom is -0.854 e. The Balaban J connectivity index is -0.0000000309. The second kappa shape index (κ2) is 86.7. The Labute approximate surface area is 171 Å². The van der Waals surface area contributed by atoms with Crippen molar-refractivity contribution >= 4 is 0 Å². The molecule has 0 saturated heterocycles. The van der Waals surface area contributed by atoms with Gasteiger partial charge in [0.15, 0.2) is 0 Å². The molecular weight excluding hydrogens is 496 g/mol. The van der Waals surface area contributed by atoms with Crippen LogP contribution in [0.5, 0.6) is 0 Å². The summed E-state index contributed by atoms with van der Waals surface area (Å²) in [6.45, 7) is 11.6. The summed E-state index contributed by atoms with van der Waals surface area (Å²) in [7, 11) is 0. The van der Waals surface area contributed by atoms with E-state index in [0.29, 0.717) is 0 Å². The quantitative estimate of drug-likeness (QED) is 0.405. The molecule has 0 aromatic carbocycles. The topological polar surface area (TPSA) is 138 Å². The Hall–Kier alpha value is 0.448. The van der Waals surface area contributed by atoms with Crippen LogP contribution >= 0.6 is 0 Å². The molecule has 0 heterocycles. The average Bonchev–Trinajstić information content (AvgIpc) is 2.68. The van der Waals surface area contributed by atoms with E-state index in [1.165, 1.54) is 0 Å². The smallest absolute Gasteiger partial charge is 0 e. The van der Waals surface area contributed by atoms with Crippen LogP contribution in [-0.2, 0) is 21.1 Å². The molecule has 0 aliphatic heterocycles. The predicted octanol–water partition coefficient (Wildman–Crippen LogP) is -1.46. The molecular formula is C18H42O6W-6. The van der Waals surface area contributed by atoms with E-state index < -0.39 is 0 Å². The number of rotatable bonds is 6. The molecule has 0 spiro atoms. The first kappa shape index (κ1) is 44.7. The SMILES string of the molecule is CCC[O-].CCC[O-].CCC[O-].CCC[O-].CCC[O-].CCC[O-].[W]. The first-order valence-corrected chi connectivity index (χ1v) is 8.97. The van der Waals surface area contributed by atoms with E-state index in [-0.39, 0.29) is 60.7 Å². The Kier molecular flexibility index (Phi) is 155. The van der Waals surface area contributed by atoms with Gasteiger partial charge in [-0.25, -0.2) is 0 Å². The normalized spacial score (nSPS) is 7.20. The second-order valence-electron chi connectivity index (χ2n) is 4.22. The summed E-state index contributed by atoms with van der Waals surface area (Å²) in [6, 6.07) is 0. The van der Waals surface area contributed by atoms with Crippen LogP contribution in [0.2, 0.25) is 0 Å². The van der Waals surface area contributed by atoms with E-state index >= 15 is 0 Å². The van der Waals surface area contributed by atoms with E-state index in [9.17, 15) is 30.6 Å². The minimum atomic E-state index is 0. The molecule has 0 atom stereocenters. The summed E-state index contributed by atoms with van der Waals surface area (Å²) >= 11 is 0. The molecule has 0 bridgehead atoms. The first-order valence-electron chi connectivity index (χ1n) is 8.97. The maximum atomic E-state index is 9.30. The Morgan fingerprint density at radius 2 is 0.360 bits per heavy atom. The van der Waals surface area contributed by atoms with Crippen molar-refractivity contribution in [1.82, 2.24) is 0 Å². The predicted molar refractivity (Wildman–Crippen MR) is 90.9 cm³/mol. The minimum absolute atomic E-state index is 0. The van der Waals surface area contributed by atoms with Crippen LogP contribution in [0.3, 0.4) is 0 Å². The van der Waals surface area contributed by atoms with Crippen LogP contribution in [0.15, 0.2) is 0 Å². The summed E-state index contributed by atoms with van der Waals surface area (Å²) in [4.78, 5) is 0. The van der Waals surface area contributed by atoms with Crippen molar-refractivity contribution in [3.05, 3.63) is 0 Å². The molecule has 25 heavy (non-hydrogen) atoms. The van der Waals surface area contributed by atoms with Crippen molar-refractivity contribution in [2.24, 2.45) is 0 Å². The van der Waals surface area contributed by atoms with Crippen LogP contribution in [0.25, 0.3) is 0 Å². The van der Waals surface area contributed by atoms with Gasteiger partial charge in [-0.15, -0.1) is 39.6 Å². The van der Waals surface area contributed by atoms with Gasteiger partial charge in [0.05, 0.1) is 0 Å². The van der Waals surface area contributed by atoms with Crippen LogP contribution in [0.1, 0.15) is 80.1 Å². The second-order valence-corrected chi connectivity index (χ2v) is 4.22. The first-order chi connectivity index (χ1) is 11.5. The Morgan fingerprint density at radius 1 is 0.320 bits per heavy atom. The van der Waals surface area contributed by atoms with Crippen molar-refractivity contribution in [3.63, 3.8) is 0 Å². The largest absolute Gasteiger partial charge is 0.854 e. The van der Waals surface area contributed by atoms with Crippen LogP contribution < -0.4 is 30.6 Å².